The topological polar surface area (TPSA) is 49.4 Å². The predicted octanol–water partition coefficient (Wildman–Crippen LogP) is 7.40. The first-order chi connectivity index (χ1) is 17.2. The summed E-state index contributed by atoms with van der Waals surface area (Å²) in [5.41, 5.74) is 2.25. The zero-order valence-electron chi connectivity index (χ0n) is 20.1. The number of amides is 2. The standard InChI is InChI=1S/C28H28Cl4N2O2/c1-3-18(2)33-28(36)26(13-19-7-5-4-6-8-19)34(17-21-10-12-23(30)16-25(21)32)27(35)14-20-9-11-22(29)15-24(20)31/h4-12,15-16,18,26H,3,13-14,17H2,1-2H3,(H,33,36)/t18-,26-/m1/s1. The van der Waals surface area contributed by atoms with Crippen LogP contribution in [0.2, 0.25) is 20.1 Å². The lowest BCUT2D eigenvalue weighted by Gasteiger charge is -2.32. The number of hydrogen-bond donors (Lipinski definition) is 1. The van der Waals surface area contributed by atoms with Gasteiger partial charge in [0.2, 0.25) is 11.8 Å². The van der Waals surface area contributed by atoms with Crippen molar-refractivity contribution >= 4 is 58.2 Å². The Hall–Kier alpha value is -2.24. The number of nitrogens with one attached hydrogen (secondary N) is 1. The van der Waals surface area contributed by atoms with E-state index in [9.17, 15) is 9.59 Å². The minimum atomic E-state index is -0.772. The first kappa shape index (κ1) is 28.3. The van der Waals surface area contributed by atoms with Crippen LogP contribution in [0.5, 0.6) is 0 Å². The largest absolute Gasteiger partial charge is 0.352 e. The molecule has 3 rings (SSSR count). The van der Waals surface area contributed by atoms with E-state index in [2.05, 4.69) is 5.32 Å². The lowest BCUT2D eigenvalue weighted by Crippen LogP contribution is -2.52. The molecule has 1 N–H and O–H groups in total. The summed E-state index contributed by atoms with van der Waals surface area (Å²) < 4.78 is 0. The van der Waals surface area contributed by atoms with Gasteiger partial charge >= 0.3 is 0 Å². The Morgan fingerprint density at radius 2 is 1.44 bits per heavy atom. The Labute approximate surface area is 232 Å². The van der Waals surface area contributed by atoms with E-state index in [0.717, 1.165) is 12.0 Å². The molecule has 0 bridgehead atoms. The number of benzene rings is 3. The third-order valence-corrected chi connectivity index (χ3v) is 7.16. The Morgan fingerprint density at radius 1 is 0.861 bits per heavy atom. The molecule has 0 heterocycles. The van der Waals surface area contributed by atoms with Crippen molar-refractivity contribution in [3.8, 4) is 0 Å². The van der Waals surface area contributed by atoms with Crippen LogP contribution in [-0.2, 0) is 29.0 Å². The highest BCUT2D eigenvalue weighted by Crippen LogP contribution is 2.26. The van der Waals surface area contributed by atoms with E-state index in [1.165, 1.54) is 0 Å². The molecular weight excluding hydrogens is 538 g/mol. The van der Waals surface area contributed by atoms with Crippen LogP contribution in [0.25, 0.3) is 0 Å². The van der Waals surface area contributed by atoms with Gasteiger partial charge in [-0.2, -0.15) is 0 Å². The smallest absolute Gasteiger partial charge is 0.243 e. The summed E-state index contributed by atoms with van der Waals surface area (Å²) in [6, 6.07) is 18.9. The lowest BCUT2D eigenvalue weighted by molar-refractivity contribution is -0.141. The van der Waals surface area contributed by atoms with Crippen molar-refractivity contribution in [1.82, 2.24) is 10.2 Å². The van der Waals surface area contributed by atoms with Crippen LogP contribution in [0.3, 0.4) is 0 Å². The van der Waals surface area contributed by atoms with Gasteiger partial charge in [0.05, 0.1) is 6.42 Å². The molecule has 0 spiro atoms. The number of nitrogens with zero attached hydrogens (tertiary/aromatic N) is 1. The second-order valence-electron chi connectivity index (χ2n) is 8.69. The van der Waals surface area contributed by atoms with Gasteiger partial charge in [-0.25, -0.2) is 0 Å². The van der Waals surface area contributed by atoms with Gasteiger partial charge in [-0.1, -0.05) is 95.8 Å². The van der Waals surface area contributed by atoms with Crippen molar-refractivity contribution in [2.75, 3.05) is 0 Å². The quantitative estimate of drug-likeness (QED) is 0.278. The third-order valence-electron chi connectivity index (χ3n) is 5.98. The normalized spacial score (nSPS) is 12.6. The maximum Gasteiger partial charge on any atom is 0.243 e. The van der Waals surface area contributed by atoms with E-state index < -0.39 is 6.04 Å². The van der Waals surface area contributed by atoms with Crippen molar-refractivity contribution in [3.05, 3.63) is 104 Å². The van der Waals surface area contributed by atoms with Crippen LogP contribution in [-0.4, -0.2) is 28.8 Å². The van der Waals surface area contributed by atoms with Gasteiger partial charge in [0.15, 0.2) is 0 Å². The lowest BCUT2D eigenvalue weighted by atomic mass is 10.0. The molecule has 36 heavy (non-hydrogen) atoms. The molecule has 0 radical (unpaired) electrons. The maximum atomic E-state index is 13.8. The molecule has 0 aromatic heterocycles. The molecule has 190 valence electrons. The monoisotopic (exact) mass is 564 g/mol. The van der Waals surface area contributed by atoms with Gasteiger partial charge in [-0.3, -0.25) is 9.59 Å². The molecule has 8 heteroatoms. The summed E-state index contributed by atoms with van der Waals surface area (Å²) >= 11 is 25.0. The van der Waals surface area contributed by atoms with Crippen molar-refractivity contribution in [3.63, 3.8) is 0 Å². The van der Waals surface area contributed by atoms with E-state index in [1.54, 1.807) is 41.3 Å². The second-order valence-corrected chi connectivity index (χ2v) is 10.4. The maximum absolute atomic E-state index is 13.8. The molecule has 4 nitrogen and oxygen atoms in total. The van der Waals surface area contributed by atoms with E-state index in [-0.39, 0.29) is 30.8 Å². The number of rotatable bonds is 10. The van der Waals surface area contributed by atoms with Crippen molar-refractivity contribution in [2.45, 2.75) is 51.7 Å². The minimum Gasteiger partial charge on any atom is -0.352 e. The highest BCUT2D eigenvalue weighted by molar-refractivity contribution is 6.35. The molecule has 0 saturated heterocycles. The highest BCUT2D eigenvalue weighted by atomic mass is 35.5. The van der Waals surface area contributed by atoms with E-state index in [4.69, 9.17) is 46.4 Å². The van der Waals surface area contributed by atoms with E-state index in [1.807, 2.05) is 44.2 Å². The number of halogens is 4. The van der Waals surface area contributed by atoms with Gasteiger partial charge in [-0.05, 0) is 54.3 Å². The zero-order chi connectivity index (χ0) is 26.2. The van der Waals surface area contributed by atoms with Gasteiger partial charge in [0.1, 0.15) is 6.04 Å². The van der Waals surface area contributed by atoms with Crippen LogP contribution < -0.4 is 5.32 Å². The van der Waals surface area contributed by atoms with Crippen LogP contribution in [0.1, 0.15) is 37.0 Å². The SMILES string of the molecule is CC[C@@H](C)NC(=O)[C@@H](Cc1ccccc1)N(Cc1ccc(Cl)cc1Cl)C(=O)Cc1ccc(Cl)cc1Cl. The fourth-order valence-corrected chi connectivity index (χ4v) is 4.70. The zero-order valence-corrected chi connectivity index (χ0v) is 23.1. The van der Waals surface area contributed by atoms with Crippen LogP contribution in [0, 0.1) is 0 Å². The van der Waals surface area contributed by atoms with Crippen molar-refractivity contribution in [1.29, 1.82) is 0 Å². The van der Waals surface area contributed by atoms with Gasteiger partial charge < -0.3 is 10.2 Å². The van der Waals surface area contributed by atoms with Crippen LogP contribution in [0.4, 0.5) is 0 Å². The minimum absolute atomic E-state index is 0.00309. The van der Waals surface area contributed by atoms with Crippen LogP contribution >= 0.6 is 46.4 Å². The Balaban J connectivity index is 2.02. The first-order valence-corrected chi connectivity index (χ1v) is 13.2. The number of carbonyl (C=O) groups excluding carboxylic acids is 2. The number of carbonyl (C=O) groups is 2. The average molecular weight is 566 g/mol. The van der Waals surface area contributed by atoms with Gasteiger partial charge in [0.25, 0.3) is 0 Å². The van der Waals surface area contributed by atoms with Gasteiger partial charge in [0, 0.05) is 39.1 Å². The number of hydrogen-bond acceptors (Lipinski definition) is 2. The van der Waals surface area contributed by atoms with Crippen molar-refractivity contribution < 1.29 is 9.59 Å². The third kappa shape index (κ3) is 7.88. The van der Waals surface area contributed by atoms with E-state index >= 15 is 0 Å². The Kier molecular flexibility index (Phi) is 10.5. The molecule has 0 aliphatic carbocycles. The van der Waals surface area contributed by atoms with Crippen molar-refractivity contribution in [2.24, 2.45) is 0 Å². The van der Waals surface area contributed by atoms with E-state index in [0.29, 0.717) is 37.6 Å². The Morgan fingerprint density at radius 3 is 2.00 bits per heavy atom. The average Bonchev–Trinajstić information content (AvgIpc) is 2.84. The molecule has 0 saturated carbocycles. The summed E-state index contributed by atoms with van der Waals surface area (Å²) in [6.45, 7) is 4.06. The summed E-state index contributed by atoms with van der Waals surface area (Å²) in [5.74, 6) is -0.487. The fraction of sp³-hybridized carbons (Fsp3) is 0.286. The summed E-state index contributed by atoms with van der Waals surface area (Å²) in [7, 11) is 0. The summed E-state index contributed by atoms with van der Waals surface area (Å²) in [4.78, 5) is 28.9. The molecule has 0 fully saturated rings. The molecule has 3 aromatic rings. The summed E-state index contributed by atoms with van der Waals surface area (Å²) in [5, 5.41) is 4.83. The molecule has 3 aromatic carbocycles. The van der Waals surface area contributed by atoms with Gasteiger partial charge in [-0.15, -0.1) is 0 Å². The molecule has 2 atom stereocenters. The van der Waals surface area contributed by atoms with Crippen LogP contribution in [0.15, 0.2) is 66.7 Å². The molecular formula is C28H28Cl4N2O2. The fourth-order valence-electron chi connectivity index (χ4n) is 3.76. The molecule has 2 amide bonds. The Bertz CT molecular complexity index is 1200. The summed E-state index contributed by atoms with van der Waals surface area (Å²) in [6.07, 6.45) is 1.11. The predicted molar refractivity (Wildman–Crippen MR) is 149 cm³/mol. The molecule has 0 aliphatic heterocycles. The highest BCUT2D eigenvalue weighted by Gasteiger charge is 2.31. The molecule has 0 unspecified atom stereocenters. The molecule has 0 aliphatic rings. The first-order valence-electron chi connectivity index (χ1n) is 11.7. The second kappa shape index (κ2) is 13.3.